The van der Waals surface area contributed by atoms with Gasteiger partial charge in [-0.3, -0.25) is 19.7 Å². The summed E-state index contributed by atoms with van der Waals surface area (Å²) >= 11 is 0. The number of fused-ring (bicyclic) bond motifs is 1. The molecule has 0 bridgehead atoms. The van der Waals surface area contributed by atoms with Gasteiger partial charge in [0.05, 0.1) is 0 Å². The SMILES string of the molecule is CC(C)(C)c1cccc2c1CCN(C1CCC(=O)NC1=O)C2=O. The summed E-state index contributed by atoms with van der Waals surface area (Å²) in [6.45, 7) is 6.93. The molecule has 1 atom stereocenters. The minimum Gasteiger partial charge on any atom is -0.326 e. The highest BCUT2D eigenvalue weighted by molar-refractivity contribution is 6.04. The smallest absolute Gasteiger partial charge is 0.254 e. The van der Waals surface area contributed by atoms with Crippen LogP contribution < -0.4 is 5.32 Å². The van der Waals surface area contributed by atoms with Crippen molar-refractivity contribution in [3.05, 3.63) is 34.9 Å². The van der Waals surface area contributed by atoms with Gasteiger partial charge in [0.1, 0.15) is 6.04 Å². The molecule has 1 saturated heterocycles. The predicted molar refractivity (Wildman–Crippen MR) is 86.1 cm³/mol. The molecule has 0 spiro atoms. The molecule has 1 fully saturated rings. The van der Waals surface area contributed by atoms with E-state index in [-0.39, 0.29) is 29.6 Å². The molecule has 5 nitrogen and oxygen atoms in total. The summed E-state index contributed by atoms with van der Waals surface area (Å²) in [7, 11) is 0. The molecule has 1 aromatic carbocycles. The molecule has 0 aliphatic carbocycles. The van der Waals surface area contributed by atoms with Crippen LogP contribution in [0.5, 0.6) is 0 Å². The first-order chi connectivity index (χ1) is 10.8. The van der Waals surface area contributed by atoms with Gasteiger partial charge in [-0.2, -0.15) is 0 Å². The quantitative estimate of drug-likeness (QED) is 0.804. The van der Waals surface area contributed by atoms with E-state index in [0.717, 1.165) is 12.0 Å². The number of rotatable bonds is 1. The lowest BCUT2D eigenvalue weighted by atomic mass is 9.79. The van der Waals surface area contributed by atoms with Crippen molar-refractivity contribution in [3.8, 4) is 0 Å². The second kappa shape index (κ2) is 5.48. The zero-order valence-corrected chi connectivity index (χ0v) is 13.8. The van der Waals surface area contributed by atoms with E-state index in [4.69, 9.17) is 0 Å². The van der Waals surface area contributed by atoms with Crippen LogP contribution in [0.2, 0.25) is 0 Å². The molecule has 3 rings (SSSR count). The van der Waals surface area contributed by atoms with E-state index in [2.05, 4.69) is 32.2 Å². The van der Waals surface area contributed by atoms with Gasteiger partial charge in [0.2, 0.25) is 11.8 Å². The third-order valence-electron chi connectivity index (χ3n) is 4.66. The number of piperidine rings is 1. The average Bonchev–Trinajstić information content (AvgIpc) is 2.47. The summed E-state index contributed by atoms with van der Waals surface area (Å²) in [6.07, 6.45) is 1.44. The fraction of sp³-hybridized carbons (Fsp3) is 0.500. The molecule has 0 aromatic heterocycles. The van der Waals surface area contributed by atoms with E-state index in [9.17, 15) is 14.4 Å². The van der Waals surface area contributed by atoms with Crippen LogP contribution >= 0.6 is 0 Å². The van der Waals surface area contributed by atoms with Crippen LogP contribution in [0.1, 0.15) is 55.1 Å². The van der Waals surface area contributed by atoms with Crippen molar-refractivity contribution in [2.75, 3.05) is 6.54 Å². The second-order valence-electron chi connectivity index (χ2n) is 7.30. The van der Waals surface area contributed by atoms with Gasteiger partial charge in [0, 0.05) is 18.5 Å². The van der Waals surface area contributed by atoms with Crippen molar-refractivity contribution in [2.24, 2.45) is 0 Å². The molecule has 1 aromatic rings. The first kappa shape index (κ1) is 15.7. The topological polar surface area (TPSA) is 66.5 Å². The van der Waals surface area contributed by atoms with Gasteiger partial charge in [0.15, 0.2) is 0 Å². The summed E-state index contributed by atoms with van der Waals surface area (Å²) in [5, 5.41) is 2.34. The number of benzene rings is 1. The van der Waals surface area contributed by atoms with E-state index < -0.39 is 6.04 Å². The van der Waals surface area contributed by atoms with Crippen LogP contribution in [0.4, 0.5) is 0 Å². The van der Waals surface area contributed by atoms with E-state index in [1.165, 1.54) is 5.56 Å². The first-order valence-electron chi connectivity index (χ1n) is 8.06. The van der Waals surface area contributed by atoms with Crippen LogP contribution in [0, 0.1) is 0 Å². The minimum absolute atomic E-state index is 0.0254. The van der Waals surface area contributed by atoms with Crippen molar-refractivity contribution in [1.29, 1.82) is 0 Å². The number of imide groups is 1. The molecular formula is C18H22N2O3. The summed E-state index contributed by atoms with van der Waals surface area (Å²) in [5.74, 6) is -0.719. The standard InChI is InChI=1S/C18H22N2O3/c1-18(2,3)13-6-4-5-12-11(13)9-10-20(17(12)23)14-7-8-15(21)19-16(14)22/h4-6,14H,7-10H2,1-3H3,(H,19,21,22). The number of hydrogen-bond donors (Lipinski definition) is 1. The van der Waals surface area contributed by atoms with Crippen LogP contribution in [0.15, 0.2) is 18.2 Å². The van der Waals surface area contributed by atoms with Gasteiger partial charge in [-0.25, -0.2) is 0 Å². The maximum atomic E-state index is 12.9. The van der Waals surface area contributed by atoms with E-state index in [1.807, 2.05) is 12.1 Å². The largest absolute Gasteiger partial charge is 0.326 e. The monoisotopic (exact) mass is 314 g/mol. The Morgan fingerprint density at radius 2 is 1.87 bits per heavy atom. The van der Waals surface area contributed by atoms with E-state index in [1.54, 1.807) is 4.90 Å². The summed E-state index contributed by atoms with van der Waals surface area (Å²) in [4.78, 5) is 37.9. The predicted octanol–water partition coefficient (Wildman–Crippen LogP) is 1.79. The molecule has 1 unspecified atom stereocenters. The average molecular weight is 314 g/mol. The second-order valence-corrected chi connectivity index (χ2v) is 7.30. The molecule has 122 valence electrons. The summed E-state index contributed by atoms with van der Waals surface area (Å²) < 4.78 is 0. The third-order valence-corrected chi connectivity index (χ3v) is 4.66. The van der Waals surface area contributed by atoms with Crippen molar-refractivity contribution in [2.45, 2.75) is 51.5 Å². The lowest BCUT2D eigenvalue weighted by Gasteiger charge is -2.37. The number of carbonyl (C=O) groups is 3. The van der Waals surface area contributed by atoms with Crippen molar-refractivity contribution in [3.63, 3.8) is 0 Å². The zero-order valence-electron chi connectivity index (χ0n) is 13.8. The van der Waals surface area contributed by atoms with Crippen LogP contribution in [-0.4, -0.2) is 35.2 Å². The Bertz CT molecular complexity index is 688. The maximum absolute atomic E-state index is 12.9. The molecule has 0 radical (unpaired) electrons. The number of carbonyl (C=O) groups excluding carboxylic acids is 3. The zero-order chi connectivity index (χ0) is 16.8. The van der Waals surface area contributed by atoms with Gasteiger partial charge < -0.3 is 4.90 Å². The highest BCUT2D eigenvalue weighted by atomic mass is 16.2. The van der Waals surface area contributed by atoms with Gasteiger partial charge in [-0.05, 0) is 35.4 Å². The Balaban J connectivity index is 1.93. The molecule has 23 heavy (non-hydrogen) atoms. The van der Waals surface area contributed by atoms with Crippen LogP contribution in [-0.2, 0) is 21.4 Å². The van der Waals surface area contributed by atoms with Gasteiger partial charge in [-0.1, -0.05) is 32.9 Å². The summed E-state index contributed by atoms with van der Waals surface area (Å²) in [5.41, 5.74) is 2.94. The molecule has 0 saturated carbocycles. The fourth-order valence-electron chi connectivity index (χ4n) is 3.52. The van der Waals surface area contributed by atoms with Crippen LogP contribution in [0.25, 0.3) is 0 Å². The summed E-state index contributed by atoms with van der Waals surface area (Å²) in [6, 6.07) is 5.29. The first-order valence-corrected chi connectivity index (χ1v) is 8.06. The fourth-order valence-corrected chi connectivity index (χ4v) is 3.52. The van der Waals surface area contributed by atoms with Crippen molar-refractivity contribution >= 4 is 17.7 Å². The lowest BCUT2D eigenvalue weighted by molar-refractivity contribution is -0.136. The van der Waals surface area contributed by atoms with Crippen molar-refractivity contribution < 1.29 is 14.4 Å². The van der Waals surface area contributed by atoms with Crippen LogP contribution in [0.3, 0.4) is 0 Å². The Hall–Kier alpha value is -2.17. The molecule has 2 heterocycles. The van der Waals surface area contributed by atoms with Gasteiger partial charge in [-0.15, -0.1) is 0 Å². The molecule has 3 amide bonds. The minimum atomic E-state index is -0.536. The molecule has 2 aliphatic rings. The Morgan fingerprint density at radius 3 is 2.52 bits per heavy atom. The number of nitrogens with one attached hydrogen (secondary N) is 1. The molecule has 5 heteroatoms. The highest BCUT2D eigenvalue weighted by Crippen LogP contribution is 2.32. The number of hydrogen-bond acceptors (Lipinski definition) is 3. The molecule has 1 N–H and O–H groups in total. The number of nitrogens with zero attached hydrogens (tertiary/aromatic N) is 1. The van der Waals surface area contributed by atoms with Crippen molar-refractivity contribution in [1.82, 2.24) is 10.2 Å². The Morgan fingerprint density at radius 1 is 1.13 bits per heavy atom. The Kier molecular flexibility index (Phi) is 3.74. The third kappa shape index (κ3) is 2.76. The molecule has 2 aliphatic heterocycles. The van der Waals surface area contributed by atoms with Gasteiger partial charge in [0.25, 0.3) is 5.91 Å². The molecular weight excluding hydrogens is 292 g/mol. The van der Waals surface area contributed by atoms with E-state index >= 15 is 0 Å². The number of amides is 3. The Labute approximate surface area is 136 Å². The maximum Gasteiger partial charge on any atom is 0.254 e. The van der Waals surface area contributed by atoms with E-state index in [0.29, 0.717) is 18.5 Å². The lowest BCUT2D eigenvalue weighted by Crippen LogP contribution is -2.56. The van der Waals surface area contributed by atoms with Gasteiger partial charge >= 0.3 is 0 Å². The normalized spacial score (nSPS) is 22.0. The highest BCUT2D eigenvalue weighted by Gasteiger charge is 2.38.